The summed E-state index contributed by atoms with van der Waals surface area (Å²) in [7, 11) is 1.55. The Morgan fingerprint density at radius 3 is 2.86 bits per heavy atom. The van der Waals surface area contributed by atoms with E-state index in [4.69, 9.17) is 16.3 Å². The van der Waals surface area contributed by atoms with Gasteiger partial charge in [0.05, 0.1) is 19.2 Å². The van der Waals surface area contributed by atoms with Gasteiger partial charge in [-0.1, -0.05) is 23.2 Å². The van der Waals surface area contributed by atoms with E-state index in [9.17, 15) is 9.59 Å². The standard InChI is InChI=1S/C23H25ClN8O3/c1-15-7-9-31(28-13-16-4-3-8-25-22(16)35-2)23(34)19(15)11-21(33)26-12-17-10-18(24)5-6-20(17)32-14-27-29-30-32/h3-6,8,10,14,28H,7,9,11-13H2,1-2H3,(H,26,33). The number of methoxy groups -OCH3 is 1. The molecule has 12 heteroatoms. The molecule has 0 saturated carbocycles. The van der Waals surface area contributed by atoms with Crippen molar-refractivity contribution in [3.8, 4) is 11.6 Å². The number of rotatable bonds is 9. The van der Waals surface area contributed by atoms with Crippen molar-refractivity contribution in [2.75, 3.05) is 13.7 Å². The van der Waals surface area contributed by atoms with E-state index in [0.29, 0.717) is 41.7 Å². The lowest BCUT2D eigenvalue weighted by Crippen LogP contribution is -2.47. The van der Waals surface area contributed by atoms with Gasteiger partial charge < -0.3 is 10.1 Å². The molecule has 0 saturated heterocycles. The number of nitrogens with one attached hydrogen (secondary N) is 2. The lowest BCUT2D eigenvalue weighted by Gasteiger charge is -2.30. The number of amides is 2. The number of halogens is 1. The van der Waals surface area contributed by atoms with Crippen LogP contribution in [0, 0.1) is 0 Å². The van der Waals surface area contributed by atoms with E-state index >= 15 is 0 Å². The van der Waals surface area contributed by atoms with Crippen molar-refractivity contribution < 1.29 is 14.3 Å². The quantitative estimate of drug-likeness (QED) is 0.460. The molecule has 0 spiro atoms. The van der Waals surface area contributed by atoms with Crippen LogP contribution in [0.2, 0.25) is 5.02 Å². The number of pyridine rings is 1. The maximum Gasteiger partial charge on any atom is 0.264 e. The average molecular weight is 497 g/mol. The number of tetrazole rings is 1. The largest absolute Gasteiger partial charge is 0.481 e. The molecule has 2 amide bonds. The fraction of sp³-hybridized carbons (Fsp3) is 0.304. The summed E-state index contributed by atoms with van der Waals surface area (Å²) in [5, 5.41) is 16.1. The van der Waals surface area contributed by atoms with Crippen LogP contribution in [0.3, 0.4) is 0 Å². The maximum absolute atomic E-state index is 13.1. The van der Waals surface area contributed by atoms with Gasteiger partial charge in [-0.3, -0.25) is 14.6 Å². The number of carbonyl (C=O) groups is 2. The molecule has 4 rings (SSSR count). The number of ether oxygens (including phenoxy) is 1. The van der Waals surface area contributed by atoms with Gasteiger partial charge in [0.1, 0.15) is 6.33 Å². The maximum atomic E-state index is 13.1. The van der Waals surface area contributed by atoms with Crippen LogP contribution >= 0.6 is 11.6 Å². The summed E-state index contributed by atoms with van der Waals surface area (Å²) in [6.45, 7) is 2.97. The Morgan fingerprint density at radius 2 is 2.09 bits per heavy atom. The van der Waals surface area contributed by atoms with Gasteiger partial charge in [0.2, 0.25) is 11.8 Å². The summed E-state index contributed by atoms with van der Waals surface area (Å²) in [5.74, 6) is 0.00727. The number of hydrogen-bond acceptors (Lipinski definition) is 8. The number of hydrazine groups is 1. The highest BCUT2D eigenvalue weighted by molar-refractivity contribution is 6.30. The fourth-order valence-electron chi connectivity index (χ4n) is 3.79. The second-order valence-corrected chi connectivity index (χ2v) is 8.39. The molecule has 1 aliphatic rings. The summed E-state index contributed by atoms with van der Waals surface area (Å²) < 4.78 is 6.76. The summed E-state index contributed by atoms with van der Waals surface area (Å²) in [5.41, 5.74) is 6.78. The number of nitrogens with zero attached hydrogens (tertiary/aromatic N) is 6. The van der Waals surface area contributed by atoms with Gasteiger partial charge in [0.15, 0.2) is 0 Å². The molecule has 0 fully saturated rings. The van der Waals surface area contributed by atoms with Crippen LogP contribution in [0.15, 0.2) is 54.0 Å². The lowest BCUT2D eigenvalue weighted by atomic mass is 9.98. The van der Waals surface area contributed by atoms with Crippen LogP contribution in [0.1, 0.15) is 30.9 Å². The van der Waals surface area contributed by atoms with E-state index in [0.717, 1.165) is 16.7 Å². The Kier molecular flexibility index (Phi) is 7.68. The fourth-order valence-corrected chi connectivity index (χ4v) is 3.98. The average Bonchev–Trinajstić information content (AvgIpc) is 3.40. The Bertz CT molecular complexity index is 1250. The van der Waals surface area contributed by atoms with E-state index in [1.165, 1.54) is 16.0 Å². The molecule has 0 bridgehead atoms. The monoisotopic (exact) mass is 496 g/mol. The number of aromatic nitrogens is 5. The zero-order valence-electron chi connectivity index (χ0n) is 19.4. The van der Waals surface area contributed by atoms with Gasteiger partial charge in [-0.25, -0.2) is 15.1 Å². The second kappa shape index (κ2) is 11.1. The first-order chi connectivity index (χ1) is 17.0. The molecule has 3 aromatic rings. The van der Waals surface area contributed by atoms with Crippen LogP contribution in [0.4, 0.5) is 0 Å². The van der Waals surface area contributed by atoms with Crippen LogP contribution in [-0.4, -0.2) is 55.7 Å². The lowest BCUT2D eigenvalue weighted by molar-refractivity contribution is -0.132. The first-order valence-electron chi connectivity index (χ1n) is 11.0. The Balaban J connectivity index is 1.38. The van der Waals surface area contributed by atoms with Crippen LogP contribution in [-0.2, 0) is 22.7 Å². The van der Waals surface area contributed by atoms with Gasteiger partial charge in [-0.2, -0.15) is 0 Å². The molecular formula is C23H25ClN8O3. The smallest absolute Gasteiger partial charge is 0.264 e. The van der Waals surface area contributed by atoms with Crippen LogP contribution in [0.25, 0.3) is 5.69 Å². The molecular weight excluding hydrogens is 472 g/mol. The first kappa shape index (κ1) is 24.3. The summed E-state index contributed by atoms with van der Waals surface area (Å²) in [4.78, 5) is 30.1. The Morgan fingerprint density at radius 1 is 1.23 bits per heavy atom. The van der Waals surface area contributed by atoms with Crippen LogP contribution < -0.4 is 15.5 Å². The van der Waals surface area contributed by atoms with E-state index in [1.807, 2.05) is 19.1 Å². The highest BCUT2D eigenvalue weighted by Gasteiger charge is 2.27. The predicted octanol–water partition coefficient (Wildman–Crippen LogP) is 1.98. The first-order valence-corrected chi connectivity index (χ1v) is 11.3. The Hall–Kier alpha value is -3.83. The Labute approximate surface area is 207 Å². The molecule has 0 atom stereocenters. The highest BCUT2D eigenvalue weighted by Crippen LogP contribution is 2.22. The minimum Gasteiger partial charge on any atom is -0.481 e. The molecule has 182 valence electrons. The molecule has 0 aliphatic carbocycles. The molecule has 3 heterocycles. The molecule has 0 radical (unpaired) electrons. The van der Waals surface area contributed by atoms with Gasteiger partial charge in [-0.05, 0) is 53.6 Å². The summed E-state index contributed by atoms with van der Waals surface area (Å²) in [6.07, 6.45) is 3.75. The number of benzene rings is 1. The minimum atomic E-state index is -0.272. The third-order valence-corrected chi connectivity index (χ3v) is 5.92. The van der Waals surface area contributed by atoms with Gasteiger partial charge >= 0.3 is 0 Å². The van der Waals surface area contributed by atoms with Crippen molar-refractivity contribution in [2.24, 2.45) is 0 Å². The van der Waals surface area contributed by atoms with Gasteiger partial charge in [0, 0.05) is 42.0 Å². The SMILES string of the molecule is COc1ncccc1CNN1CCC(C)=C(CC(=O)NCc2cc(Cl)ccc2-n2cnnn2)C1=O. The normalized spacial score (nSPS) is 13.8. The number of carbonyl (C=O) groups excluding carboxylic acids is 2. The molecule has 1 aliphatic heterocycles. The molecule has 2 aromatic heterocycles. The van der Waals surface area contributed by atoms with Crippen molar-refractivity contribution >= 4 is 23.4 Å². The second-order valence-electron chi connectivity index (χ2n) is 7.95. The van der Waals surface area contributed by atoms with E-state index in [1.54, 1.807) is 31.5 Å². The van der Waals surface area contributed by atoms with E-state index in [-0.39, 0.29) is 24.8 Å². The third kappa shape index (κ3) is 5.81. The van der Waals surface area contributed by atoms with Crippen molar-refractivity contribution in [3.63, 3.8) is 0 Å². The van der Waals surface area contributed by atoms with Crippen molar-refractivity contribution in [1.82, 2.24) is 40.9 Å². The third-order valence-electron chi connectivity index (χ3n) is 5.68. The van der Waals surface area contributed by atoms with E-state index < -0.39 is 0 Å². The van der Waals surface area contributed by atoms with Crippen molar-refractivity contribution in [3.05, 3.63) is 70.2 Å². The van der Waals surface area contributed by atoms with Crippen LogP contribution in [0.5, 0.6) is 5.88 Å². The summed E-state index contributed by atoms with van der Waals surface area (Å²) >= 11 is 6.15. The van der Waals surface area contributed by atoms with E-state index in [2.05, 4.69) is 31.3 Å². The minimum absolute atomic E-state index is 0.0279. The molecule has 11 nitrogen and oxygen atoms in total. The topological polar surface area (TPSA) is 127 Å². The highest BCUT2D eigenvalue weighted by atomic mass is 35.5. The zero-order valence-corrected chi connectivity index (χ0v) is 20.1. The zero-order chi connectivity index (χ0) is 24.8. The molecule has 2 N–H and O–H groups in total. The van der Waals surface area contributed by atoms with Gasteiger partial charge in [-0.15, -0.1) is 5.10 Å². The summed E-state index contributed by atoms with van der Waals surface area (Å²) in [6, 6.07) is 8.93. The van der Waals surface area contributed by atoms with Crippen molar-refractivity contribution in [1.29, 1.82) is 0 Å². The molecule has 0 unspecified atom stereocenters. The molecule has 1 aromatic carbocycles. The number of hydrogen-bond donors (Lipinski definition) is 2. The predicted molar refractivity (Wildman–Crippen MR) is 127 cm³/mol. The molecule has 35 heavy (non-hydrogen) atoms. The van der Waals surface area contributed by atoms with Gasteiger partial charge in [0.25, 0.3) is 5.91 Å². The van der Waals surface area contributed by atoms with Crippen molar-refractivity contribution in [2.45, 2.75) is 32.9 Å².